The first kappa shape index (κ1) is 15.2. The minimum absolute atomic E-state index is 0.0455. The van der Waals surface area contributed by atoms with Crippen molar-refractivity contribution in [1.82, 2.24) is 4.98 Å². The van der Waals surface area contributed by atoms with Crippen molar-refractivity contribution in [3.63, 3.8) is 0 Å². The van der Waals surface area contributed by atoms with Crippen molar-refractivity contribution in [2.75, 3.05) is 17.7 Å². The van der Waals surface area contributed by atoms with E-state index in [0.717, 1.165) is 17.9 Å². The monoisotopic (exact) mass is 285 g/mol. The number of hydrogen-bond acceptors (Lipinski definition) is 4. The molecule has 4 nitrogen and oxygen atoms in total. The molecule has 112 valence electrons. The Morgan fingerprint density at radius 1 is 1.14 bits per heavy atom. The van der Waals surface area contributed by atoms with Crippen molar-refractivity contribution in [3.05, 3.63) is 42.0 Å². The minimum Gasteiger partial charge on any atom is -0.473 e. The molecule has 1 aromatic heterocycles. The zero-order valence-electron chi connectivity index (χ0n) is 13.1. The third-order valence-corrected chi connectivity index (χ3v) is 3.30. The van der Waals surface area contributed by atoms with E-state index in [-0.39, 0.29) is 6.10 Å². The first-order chi connectivity index (χ1) is 10.0. The molecule has 0 saturated heterocycles. The van der Waals surface area contributed by atoms with Gasteiger partial charge in [0.15, 0.2) is 0 Å². The summed E-state index contributed by atoms with van der Waals surface area (Å²) >= 11 is 0. The Hall–Kier alpha value is -2.23. The van der Waals surface area contributed by atoms with Gasteiger partial charge < -0.3 is 15.4 Å². The van der Waals surface area contributed by atoms with Crippen LogP contribution in [0.1, 0.15) is 26.3 Å². The van der Waals surface area contributed by atoms with Crippen LogP contribution in [0.2, 0.25) is 0 Å². The predicted octanol–water partition coefficient (Wildman–Crippen LogP) is 3.78. The molecular formula is C17H23N3O. The van der Waals surface area contributed by atoms with Crippen molar-refractivity contribution >= 4 is 17.2 Å². The molecule has 0 fully saturated rings. The summed E-state index contributed by atoms with van der Waals surface area (Å²) in [6, 6.07) is 12.2. The molecule has 1 heterocycles. The van der Waals surface area contributed by atoms with Gasteiger partial charge >= 0.3 is 0 Å². The number of anilines is 3. The molecular weight excluding hydrogens is 262 g/mol. The zero-order valence-corrected chi connectivity index (χ0v) is 13.1. The molecule has 0 unspecified atom stereocenters. The van der Waals surface area contributed by atoms with E-state index >= 15 is 0 Å². The van der Waals surface area contributed by atoms with Crippen LogP contribution in [0.4, 0.5) is 17.2 Å². The molecule has 0 saturated carbocycles. The normalized spacial score (nSPS) is 10.7. The molecule has 0 aliphatic rings. The van der Waals surface area contributed by atoms with Crippen molar-refractivity contribution < 1.29 is 4.74 Å². The van der Waals surface area contributed by atoms with Gasteiger partial charge in [-0.15, -0.1) is 0 Å². The molecule has 0 aliphatic heterocycles. The fraction of sp³-hybridized carbons (Fsp3) is 0.353. The van der Waals surface area contributed by atoms with E-state index in [1.807, 2.05) is 37.9 Å². The second-order valence-corrected chi connectivity index (χ2v) is 5.31. The van der Waals surface area contributed by atoms with Crippen molar-refractivity contribution in [2.45, 2.75) is 33.3 Å². The van der Waals surface area contributed by atoms with Crippen molar-refractivity contribution in [1.29, 1.82) is 0 Å². The van der Waals surface area contributed by atoms with Gasteiger partial charge in [-0.25, -0.2) is 0 Å². The third-order valence-electron chi connectivity index (χ3n) is 3.30. The van der Waals surface area contributed by atoms with Gasteiger partial charge in [0.25, 0.3) is 0 Å². The summed E-state index contributed by atoms with van der Waals surface area (Å²) in [4.78, 5) is 6.53. The smallest absolute Gasteiger partial charge is 0.239 e. The lowest BCUT2D eigenvalue weighted by molar-refractivity contribution is 0.234. The number of rotatable bonds is 5. The topological polar surface area (TPSA) is 51.4 Å². The predicted molar refractivity (Wildman–Crippen MR) is 88.3 cm³/mol. The highest BCUT2D eigenvalue weighted by Gasteiger charge is 2.10. The SMILES string of the molecule is CCc1ccc(N(C)c2ccc(N)c(OC(C)C)n2)cc1. The molecule has 4 heteroatoms. The van der Waals surface area contributed by atoms with Crippen LogP contribution in [0, 0.1) is 0 Å². The van der Waals surface area contributed by atoms with Crippen LogP contribution in [-0.4, -0.2) is 18.1 Å². The molecule has 0 aliphatic carbocycles. The maximum Gasteiger partial charge on any atom is 0.239 e. The molecule has 1 aromatic carbocycles. The van der Waals surface area contributed by atoms with Crippen LogP contribution < -0.4 is 15.4 Å². The van der Waals surface area contributed by atoms with E-state index in [2.05, 4.69) is 36.2 Å². The summed E-state index contributed by atoms with van der Waals surface area (Å²) in [5.41, 5.74) is 8.87. The highest BCUT2D eigenvalue weighted by molar-refractivity contribution is 5.63. The van der Waals surface area contributed by atoms with Crippen molar-refractivity contribution in [3.8, 4) is 5.88 Å². The number of nitrogens with zero attached hydrogens (tertiary/aromatic N) is 2. The Balaban J connectivity index is 2.27. The van der Waals surface area contributed by atoms with E-state index < -0.39 is 0 Å². The van der Waals surface area contributed by atoms with Gasteiger partial charge in [0.05, 0.1) is 11.8 Å². The second kappa shape index (κ2) is 6.48. The average Bonchev–Trinajstić information content (AvgIpc) is 2.48. The molecule has 21 heavy (non-hydrogen) atoms. The molecule has 2 N–H and O–H groups in total. The molecule has 2 rings (SSSR count). The van der Waals surface area contributed by atoms with Crippen LogP contribution >= 0.6 is 0 Å². The molecule has 0 spiro atoms. The van der Waals surface area contributed by atoms with Crippen LogP contribution in [0.3, 0.4) is 0 Å². The Kier molecular flexibility index (Phi) is 4.68. The minimum atomic E-state index is 0.0455. The van der Waals surface area contributed by atoms with Gasteiger partial charge in [-0.05, 0) is 50.1 Å². The highest BCUT2D eigenvalue weighted by atomic mass is 16.5. The fourth-order valence-corrected chi connectivity index (χ4v) is 2.03. The third kappa shape index (κ3) is 3.66. The van der Waals surface area contributed by atoms with Gasteiger partial charge in [-0.3, -0.25) is 0 Å². The number of aromatic nitrogens is 1. The summed E-state index contributed by atoms with van der Waals surface area (Å²) in [5.74, 6) is 1.30. The zero-order chi connectivity index (χ0) is 15.4. The van der Waals surface area contributed by atoms with Gasteiger partial charge in [-0.2, -0.15) is 4.98 Å². The van der Waals surface area contributed by atoms with E-state index in [0.29, 0.717) is 11.6 Å². The molecule has 0 atom stereocenters. The Labute approximate surface area is 126 Å². The number of hydrogen-bond donors (Lipinski definition) is 1. The Morgan fingerprint density at radius 2 is 1.81 bits per heavy atom. The van der Waals surface area contributed by atoms with Gasteiger partial charge in [-0.1, -0.05) is 19.1 Å². The van der Waals surface area contributed by atoms with Crippen LogP contribution in [0.25, 0.3) is 0 Å². The molecule has 0 amide bonds. The van der Waals surface area contributed by atoms with E-state index in [1.54, 1.807) is 0 Å². The molecule has 0 bridgehead atoms. The lowest BCUT2D eigenvalue weighted by Crippen LogP contribution is -2.14. The molecule has 0 radical (unpaired) electrons. The number of pyridine rings is 1. The maximum absolute atomic E-state index is 5.91. The number of nitrogens with two attached hydrogens (primary N) is 1. The largest absolute Gasteiger partial charge is 0.473 e. The van der Waals surface area contributed by atoms with Crippen molar-refractivity contribution in [2.24, 2.45) is 0 Å². The van der Waals surface area contributed by atoms with E-state index in [4.69, 9.17) is 10.5 Å². The maximum atomic E-state index is 5.91. The first-order valence-corrected chi connectivity index (χ1v) is 7.27. The number of nitrogen functional groups attached to an aromatic ring is 1. The molecule has 2 aromatic rings. The first-order valence-electron chi connectivity index (χ1n) is 7.27. The summed E-state index contributed by atoms with van der Waals surface area (Å²) in [6.45, 7) is 6.07. The van der Waals surface area contributed by atoms with Gasteiger partial charge in [0, 0.05) is 12.7 Å². The van der Waals surface area contributed by atoms with E-state index in [1.165, 1.54) is 5.56 Å². The summed E-state index contributed by atoms with van der Waals surface area (Å²) in [6.07, 6.45) is 1.08. The fourth-order valence-electron chi connectivity index (χ4n) is 2.03. The van der Waals surface area contributed by atoms with Crippen LogP contribution in [0.15, 0.2) is 36.4 Å². The average molecular weight is 285 g/mol. The van der Waals surface area contributed by atoms with Crippen LogP contribution in [0.5, 0.6) is 5.88 Å². The van der Waals surface area contributed by atoms with Crippen LogP contribution in [-0.2, 0) is 6.42 Å². The highest BCUT2D eigenvalue weighted by Crippen LogP contribution is 2.27. The summed E-state index contributed by atoms with van der Waals surface area (Å²) in [5, 5.41) is 0. The van der Waals surface area contributed by atoms with Gasteiger partial charge in [0.1, 0.15) is 5.82 Å². The second-order valence-electron chi connectivity index (χ2n) is 5.31. The van der Waals surface area contributed by atoms with E-state index in [9.17, 15) is 0 Å². The lowest BCUT2D eigenvalue weighted by Gasteiger charge is -2.20. The lowest BCUT2D eigenvalue weighted by atomic mass is 10.1. The number of ether oxygens (including phenoxy) is 1. The van der Waals surface area contributed by atoms with Gasteiger partial charge in [0.2, 0.25) is 5.88 Å². The Bertz CT molecular complexity index is 593. The Morgan fingerprint density at radius 3 is 2.38 bits per heavy atom. The number of benzene rings is 1. The standard InChI is InChI=1S/C17H23N3O/c1-5-13-6-8-14(9-7-13)20(4)16-11-10-15(18)17(19-16)21-12(2)3/h6-12H,5,18H2,1-4H3. The number of aryl methyl sites for hydroxylation is 1. The quantitative estimate of drug-likeness (QED) is 0.908. The summed E-state index contributed by atoms with van der Waals surface area (Å²) in [7, 11) is 1.98. The summed E-state index contributed by atoms with van der Waals surface area (Å²) < 4.78 is 5.65.